The average molecular weight is 433 g/mol. The van der Waals surface area contributed by atoms with Gasteiger partial charge in [0.2, 0.25) is 5.91 Å². The molecule has 2 fully saturated rings. The van der Waals surface area contributed by atoms with E-state index in [0.717, 1.165) is 73.8 Å². The SMILES string of the molecule is Cc1ccc(-n2ncc3c(N4CCCN(C(=O)C5CCCC5)CC4)nc(C)nc32)c(C)c1. The minimum absolute atomic E-state index is 0.241. The van der Waals surface area contributed by atoms with Crippen LogP contribution >= 0.6 is 0 Å². The Bertz CT molecular complexity index is 1150. The number of fused-ring (bicyclic) bond motifs is 1. The van der Waals surface area contributed by atoms with Crippen molar-refractivity contribution in [2.75, 3.05) is 31.1 Å². The van der Waals surface area contributed by atoms with Crippen molar-refractivity contribution in [2.24, 2.45) is 5.92 Å². The summed E-state index contributed by atoms with van der Waals surface area (Å²) in [5, 5.41) is 5.66. The largest absolute Gasteiger partial charge is 0.354 e. The quantitative estimate of drug-likeness (QED) is 0.627. The third kappa shape index (κ3) is 3.85. The van der Waals surface area contributed by atoms with Crippen molar-refractivity contribution in [3.63, 3.8) is 0 Å². The lowest BCUT2D eigenvalue weighted by atomic mass is 10.1. The summed E-state index contributed by atoms with van der Waals surface area (Å²) in [7, 11) is 0. The van der Waals surface area contributed by atoms with Gasteiger partial charge in [-0.25, -0.2) is 14.6 Å². The van der Waals surface area contributed by atoms with Crippen LogP contribution in [0.1, 0.15) is 49.1 Å². The minimum Gasteiger partial charge on any atom is -0.354 e. The van der Waals surface area contributed by atoms with E-state index in [2.05, 4.69) is 41.8 Å². The van der Waals surface area contributed by atoms with E-state index in [4.69, 9.17) is 15.1 Å². The first-order valence-corrected chi connectivity index (χ1v) is 11.8. The van der Waals surface area contributed by atoms with Crippen LogP contribution in [0.15, 0.2) is 24.4 Å². The van der Waals surface area contributed by atoms with Crippen molar-refractivity contribution in [3.05, 3.63) is 41.3 Å². The van der Waals surface area contributed by atoms with Gasteiger partial charge in [0.1, 0.15) is 11.6 Å². The first-order valence-electron chi connectivity index (χ1n) is 11.8. The lowest BCUT2D eigenvalue weighted by Crippen LogP contribution is -2.38. The van der Waals surface area contributed by atoms with Crippen LogP contribution in [-0.2, 0) is 4.79 Å². The molecule has 2 aromatic heterocycles. The highest BCUT2D eigenvalue weighted by molar-refractivity contribution is 5.88. The highest BCUT2D eigenvalue weighted by Gasteiger charge is 2.29. The molecule has 32 heavy (non-hydrogen) atoms. The fraction of sp³-hybridized carbons (Fsp3) is 0.520. The van der Waals surface area contributed by atoms with Gasteiger partial charge in [0.25, 0.3) is 0 Å². The Labute approximate surface area is 189 Å². The molecule has 0 spiro atoms. The summed E-state index contributed by atoms with van der Waals surface area (Å²) >= 11 is 0. The van der Waals surface area contributed by atoms with E-state index in [0.29, 0.717) is 5.91 Å². The van der Waals surface area contributed by atoms with Crippen molar-refractivity contribution in [1.82, 2.24) is 24.6 Å². The van der Waals surface area contributed by atoms with E-state index < -0.39 is 0 Å². The molecule has 0 N–H and O–H groups in total. The van der Waals surface area contributed by atoms with Gasteiger partial charge < -0.3 is 9.80 Å². The van der Waals surface area contributed by atoms with Gasteiger partial charge in [0, 0.05) is 32.1 Å². The van der Waals surface area contributed by atoms with Crippen molar-refractivity contribution in [1.29, 1.82) is 0 Å². The molecule has 3 heterocycles. The summed E-state index contributed by atoms with van der Waals surface area (Å²) in [6.45, 7) is 9.41. The molecule has 1 saturated heterocycles. The average Bonchev–Trinajstić information content (AvgIpc) is 3.38. The summed E-state index contributed by atoms with van der Waals surface area (Å²) in [4.78, 5) is 26.9. The number of carbonyl (C=O) groups excluding carboxylic acids is 1. The van der Waals surface area contributed by atoms with Crippen LogP contribution < -0.4 is 4.90 Å². The van der Waals surface area contributed by atoms with E-state index in [1.165, 1.54) is 24.0 Å². The molecule has 0 bridgehead atoms. The number of aryl methyl sites for hydroxylation is 3. The number of hydrogen-bond acceptors (Lipinski definition) is 5. The van der Waals surface area contributed by atoms with Crippen LogP contribution in [0.5, 0.6) is 0 Å². The summed E-state index contributed by atoms with van der Waals surface area (Å²) < 4.78 is 1.93. The molecular weight excluding hydrogens is 400 g/mol. The summed E-state index contributed by atoms with van der Waals surface area (Å²) in [5.41, 5.74) is 4.28. The van der Waals surface area contributed by atoms with Crippen LogP contribution in [-0.4, -0.2) is 56.7 Å². The number of amides is 1. The summed E-state index contributed by atoms with van der Waals surface area (Å²) in [5.74, 6) is 2.27. The normalized spacial score (nSPS) is 17.8. The molecule has 0 atom stereocenters. The van der Waals surface area contributed by atoms with Crippen molar-refractivity contribution in [2.45, 2.75) is 52.9 Å². The second kappa shape index (κ2) is 8.52. The molecule has 1 aromatic carbocycles. The Hall–Kier alpha value is -2.96. The highest BCUT2D eigenvalue weighted by atomic mass is 16.2. The predicted molar refractivity (Wildman–Crippen MR) is 126 cm³/mol. The molecular formula is C25H32N6O. The Morgan fingerprint density at radius 2 is 1.78 bits per heavy atom. The zero-order valence-electron chi connectivity index (χ0n) is 19.3. The van der Waals surface area contributed by atoms with Gasteiger partial charge >= 0.3 is 0 Å². The van der Waals surface area contributed by atoms with Gasteiger partial charge in [-0.15, -0.1) is 0 Å². The van der Waals surface area contributed by atoms with Crippen LogP contribution in [0.2, 0.25) is 0 Å². The lowest BCUT2D eigenvalue weighted by Gasteiger charge is -2.25. The third-order valence-corrected chi connectivity index (χ3v) is 6.91. The van der Waals surface area contributed by atoms with Crippen LogP contribution in [0.3, 0.4) is 0 Å². The molecule has 1 saturated carbocycles. The van der Waals surface area contributed by atoms with E-state index in [1.54, 1.807) is 0 Å². The Balaban J connectivity index is 1.44. The number of anilines is 1. The third-order valence-electron chi connectivity index (χ3n) is 6.91. The van der Waals surface area contributed by atoms with Crippen LogP contribution in [0.4, 0.5) is 5.82 Å². The number of rotatable bonds is 3. The standard InChI is InChI=1S/C25H32N6O/c1-17-9-10-22(18(2)15-17)31-24-21(16-26-31)23(27-19(3)28-24)29-11-6-12-30(14-13-29)25(32)20-7-4-5-8-20/h9-10,15-16,20H,4-8,11-14H2,1-3H3. The maximum atomic E-state index is 12.9. The van der Waals surface area contributed by atoms with E-state index >= 15 is 0 Å². The predicted octanol–water partition coefficient (Wildman–Crippen LogP) is 3.97. The van der Waals surface area contributed by atoms with E-state index in [-0.39, 0.29) is 5.92 Å². The molecule has 5 rings (SSSR count). The van der Waals surface area contributed by atoms with Gasteiger partial charge in [0.15, 0.2) is 5.65 Å². The molecule has 0 radical (unpaired) electrons. The number of benzene rings is 1. The Morgan fingerprint density at radius 1 is 0.969 bits per heavy atom. The Kier molecular flexibility index (Phi) is 5.57. The maximum absolute atomic E-state index is 12.9. The van der Waals surface area contributed by atoms with Gasteiger partial charge in [-0.2, -0.15) is 5.10 Å². The number of carbonyl (C=O) groups is 1. The molecule has 7 nitrogen and oxygen atoms in total. The molecule has 1 amide bonds. The van der Waals surface area contributed by atoms with Gasteiger partial charge in [-0.05, 0) is 51.7 Å². The fourth-order valence-corrected chi connectivity index (χ4v) is 5.24. The number of hydrogen-bond donors (Lipinski definition) is 0. The van der Waals surface area contributed by atoms with E-state index in [9.17, 15) is 4.79 Å². The highest BCUT2D eigenvalue weighted by Crippen LogP contribution is 2.29. The zero-order valence-corrected chi connectivity index (χ0v) is 19.3. The van der Waals surface area contributed by atoms with Crippen LogP contribution in [0, 0.1) is 26.7 Å². The van der Waals surface area contributed by atoms with E-state index in [1.807, 2.05) is 17.8 Å². The first kappa shape index (κ1) is 20.9. The fourth-order valence-electron chi connectivity index (χ4n) is 5.24. The van der Waals surface area contributed by atoms with Crippen molar-refractivity contribution in [3.8, 4) is 5.69 Å². The lowest BCUT2D eigenvalue weighted by molar-refractivity contribution is -0.135. The van der Waals surface area contributed by atoms with Gasteiger partial charge in [-0.3, -0.25) is 4.79 Å². The van der Waals surface area contributed by atoms with Crippen molar-refractivity contribution >= 4 is 22.8 Å². The summed E-state index contributed by atoms with van der Waals surface area (Å²) in [6.07, 6.45) is 7.34. The van der Waals surface area contributed by atoms with Gasteiger partial charge in [-0.1, -0.05) is 30.5 Å². The molecule has 0 unspecified atom stereocenters. The Morgan fingerprint density at radius 3 is 2.56 bits per heavy atom. The summed E-state index contributed by atoms with van der Waals surface area (Å²) in [6, 6.07) is 6.38. The molecule has 7 heteroatoms. The number of aromatic nitrogens is 4. The van der Waals surface area contributed by atoms with Crippen molar-refractivity contribution < 1.29 is 4.79 Å². The number of nitrogens with zero attached hydrogens (tertiary/aromatic N) is 6. The molecule has 3 aromatic rings. The minimum atomic E-state index is 0.241. The van der Waals surface area contributed by atoms with Gasteiger partial charge in [0.05, 0.1) is 17.3 Å². The monoisotopic (exact) mass is 432 g/mol. The molecule has 1 aliphatic carbocycles. The zero-order chi connectivity index (χ0) is 22.2. The topological polar surface area (TPSA) is 67.2 Å². The molecule has 1 aliphatic heterocycles. The second-order valence-corrected chi connectivity index (χ2v) is 9.33. The molecule has 2 aliphatic rings. The first-order chi connectivity index (χ1) is 15.5. The smallest absolute Gasteiger partial charge is 0.225 e. The maximum Gasteiger partial charge on any atom is 0.225 e. The van der Waals surface area contributed by atoms with Crippen LogP contribution in [0.25, 0.3) is 16.7 Å². The molecule has 168 valence electrons. The second-order valence-electron chi connectivity index (χ2n) is 9.33.